The quantitative estimate of drug-likeness (QED) is 0.670. The van der Waals surface area contributed by atoms with E-state index in [0.29, 0.717) is 39.0 Å². The van der Waals surface area contributed by atoms with Crippen LogP contribution in [-0.2, 0) is 6.18 Å². The number of fused-ring (bicyclic) bond motifs is 3. The molecule has 0 radical (unpaired) electrons. The van der Waals surface area contributed by atoms with Crippen molar-refractivity contribution in [3.8, 4) is 0 Å². The third kappa shape index (κ3) is 2.49. The standard InChI is InChI=1S/C14H15F3N6S/c1-8-18-11-9-7-10(14(15,16)17)24-12(9)19-13(23(11)20-8)22-5-3-21(2)4-6-22/h7H,3-6H2,1-2H3. The topological polar surface area (TPSA) is 49.6 Å². The van der Waals surface area contributed by atoms with Crippen molar-refractivity contribution < 1.29 is 13.2 Å². The average Bonchev–Trinajstić information content (AvgIpc) is 3.09. The van der Waals surface area contributed by atoms with Crippen molar-refractivity contribution in [2.24, 2.45) is 0 Å². The zero-order chi connectivity index (χ0) is 17.1. The zero-order valence-electron chi connectivity index (χ0n) is 13.1. The maximum absolute atomic E-state index is 13.1. The number of hydrogen-bond donors (Lipinski definition) is 0. The second-order valence-corrected chi connectivity index (χ2v) is 6.95. The molecule has 3 aromatic heterocycles. The lowest BCUT2D eigenvalue weighted by Crippen LogP contribution is -2.45. The summed E-state index contributed by atoms with van der Waals surface area (Å²) >= 11 is 0.653. The van der Waals surface area contributed by atoms with Gasteiger partial charge >= 0.3 is 6.18 Å². The monoisotopic (exact) mass is 356 g/mol. The van der Waals surface area contributed by atoms with E-state index in [4.69, 9.17) is 0 Å². The van der Waals surface area contributed by atoms with Crippen LogP contribution in [0.25, 0.3) is 15.9 Å². The van der Waals surface area contributed by atoms with Crippen LogP contribution in [0.15, 0.2) is 6.07 Å². The van der Waals surface area contributed by atoms with E-state index in [2.05, 4.69) is 20.0 Å². The maximum atomic E-state index is 13.1. The third-order valence-electron chi connectivity index (χ3n) is 4.12. The molecule has 0 amide bonds. The van der Waals surface area contributed by atoms with Gasteiger partial charge in [-0.2, -0.15) is 17.7 Å². The molecule has 1 fully saturated rings. The highest BCUT2D eigenvalue weighted by molar-refractivity contribution is 7.18. The van der Waals surface area contributed by atoms with Gasteiger partial charge in [-0.25, -0.2) is 9.97 Å². The fraction of sp³-hybridized carbons (Fsp3) is 0.500. The number of anilines is 1. The Hall–Kier alpha value is -1.94. The van der Waals surface area contributed by atoms with E-state index in [1.165, 1.54) is 0 Å². The van der Waals surface area contributed by atoms with Crippen LogP contribution in [0.2, 0.25) is 0 Å². The van der Waals surface area contributed by atoms with Gasteiger partial charge in [0.15, 0.2) is 5.65 Å². The molecule has 1 aliphatic heterocycles. The van der Waals surface area contributed by atoms with Gasteiger partial charge in [-0.3, -0.25) is 0 Å². The number of halogens is 3. The Morgan fingerprint density at radius 1 is 1.12 bits per heavy atom. The van der Waals surface area contributed by atoms with Crippen molar-refractivity contribution in [2.45, 2.75) is 13.1 Å². The van der Waals surface area contributed by atoms with E-state index in [0.717, 1.165) is 32.2 Å². The molecular formula is C14H15F3N6S. The Balaban J connectivity index is 1.92. The molecule has 0 atom stereocenters. The number of rotatable bonds is 1. The summed E-state index contributed by atoms with van der Waals surface area (Å²) in [7, 11) is 2.04. The molecule has 24 heavy (non-hydrogen) atoms. The summed E-state index contributed by atoms with van der Waals surface area (Å²) in [6.45, 7) is 4.96. The van der Waals surface area contributed by atoms with E-state index in [1.54, 1.807) is 11.4 Å². The first-order valence-corrected chi connectivity index (χ1v) is 8.32. The van der Waals surface area contributed by atoms with Crippen LogP contribution in [0, 0.1) is 6.92 Å². The van der Waals surface area contributed by atoms with Gasteiger partial charge in [0.25, 0.3) is 0 Å². The molecule has 0 N–H and O–H groups in total. The first kappa shape index (κ1) is 15.6. The van der Waals surface area contributed by atoms with Crippen molar-refractivity contribution in [3.63, 3.8) is 0 Å². The Kier molecular flexibility index (Phi) is 3.43. The number of hydrogen-bond acceptors (Lipinski definition) is 6. The number of piperazine rings is 1. The predicted octanol–water partition coefficient (Wildman–Crippen LogP) is 2.42. The van der Waals surface area contributed by atoms with E-state index in [9.17, 15) is 13.2 Å². The van der Waals surface area contributed by atoms with E-state index in [-0.39, 0.29) is 0 Å². The van der Waals surface area contributed by atoms with E-state index in [1.807, 2.05) is 11.9 Å². The Morgan fingerprint density at radius 3 is 2.50 bits per heavy atom. The molecule has 0 bridgehead atoms. The highest BCUT2D eigenvalue weighted by atomic mass is 32.1. The molecule has 0 aliphatic carbocycles. The van der Waals surface area contributed by atoms with Gasteiger partial charge in [0, 0.05) is 26.2 Å². The van der Waals surface area contributed by atoms with Crippen molar-refractivity contribution in [3.05, 3.63) is 16.8 Å². The Morgan fingerprint density at radius 2 is 1.83 bits per heavy atom. The van der Waals surface area contributed by atoms with Gasteiger partial charge < -0.3 is 9.80 Å². The van der Waals surface area contributed by atoms with E-state index >= 15 is 0 Å². The van der Waals surface area contributed by atoms with Gasteiger partial charge in [-0.15, -0.1) is 16.4 Å². The van der Waals surface area contributed by atoms with Crippen LogP contribution in [0.1, 0.15) is 10.7 Å². The summed E-state index contributed by atoms with van der Waals surface area (Å²) < 4.78 is 40.7. The summed E-state index contributed by atoms with van der Waals surface area (Å²) in [5, 5.41) is 4.73. The molecule has 6 nitrogen and oxygen atoms in total. The molecule has 0 unspecified atom stereocenters. The second-order valence-electron chi connectivity index (χ2n) is 5.92. The Bertz CT molecular complexity index is 907. The molecule has 4 rings (SSSR count). The number of alkyl halides is 3. The predicted molar refractivity (Wildman–Crippen MR) is 85.6 cm³/mol. The van der Waals surface area contributed by atoms with Gasteiger partial charge in [0.1, 0.15) is 15.5 Å². The number of likely N-dealkylation sites (N-methyl/N-ethyl adjacent to an activating group) is 1. The van der Waals surface area contributed by atoms with Crippen LogP contribution < -0.4 is 4.90 Å². The molecular weight excluding hydrogens is 341 g/mol. The zero-order valence-corrected chi connectivity index (χ0v) is 13.9. The van der Waals surface area contributed by atoms with Crippen LogP contribution in [-0.4, -0.2) is 57.7 Å². The van der Waals surface area contributed by atoms with Crippen molar-refractivity contribution in [2.75, 3.05) is 38.1 Å². The maximum Gasteiger partial charge on any atom is 0.425 e. The number of thiophene rings is 1. The number of aryl methyl sites for hydroxylation is 1. The summed E-state index contributed by atoms with van der Waals surface area (Å²) in [5.41, 5.74) is 0.429. The average molecular weight is 356 g/mol. The van der Waals surface area contributed by atoms with E-state index < -0.39 is 11.1 Å². The lowest BCUT2D eigenvalue weighted by molar-refractivity contribution is -0.134. The summed E-state index contributed by atoms with van der Waals surface area (Å²) in [5.74, 6) is 1.07. The van der Waals surface area contributed by atoms with Crippen LogP contribution in [0.3, 0.4) is 0 Å². The fourth-order valence-electron chi connectivity index (χ4n) is 2.84. The first-order chi connectivity index (χ1) is 11.3. The molecule has 0 saturated carbocycles. The summed E-state index contributed by atoms with van der Waals surface area (Å²) in [6.07, 6.45) is -4.38. The third-order valence-corrected chi connectivity index (χ3v) is 5.20. The summed E-state index contributed by atoms with van der Waals surface area (Å²) in [6, 6.07) is 1.12. The van der Waals surface area contributed by atoms with Crippen LogP contribution in [0.4, 0.5) is 19.1 Å². The second kappa shape index (κ2) is 5.28. The lowest BCUT2D eigenvalue weighted by atomic mass is 10.3. The molecule has 1 saturated heterocycles. The number of nitrogens with zero attached hydrogens (tertiary/aromatic N) is 6. The van der Waals surface area contributed by atoms with Gasteiger partial charge in [-0.05, 0) is 20.0 Å². The van der Waals surface area contributed by atoms with Crippen LogP contribution in [0.5, 0.6) is 0 Å². The molecule has 3 aromatic rings. The van der Waals surface area contributed by atoms with Gasteiger partial charge in [0.2, 0.25) is 5.95 Å². The molecule has 128 valence electrons. The molecule has 0 spiro atoms. The van der Waals surface area contributed by atoms with Crippen molar-refractivity contribution in [1.82, 2.24) is 24.5 Å². The minimum Gasteiger partial charge on any atom is -0.338 e. The molecule has 10 heteroatoms. The first-order valence-electron chi connectivity index (χ1n) is 7.50. The largest absolute Gasteiger partial charge is 0.425 e. The molecule has 0 aromatic carbocycles. The Labute approximate surface area is 139 Å². The van der Waals surface area contributed by atoms with Crippen LogP contribution >= 0.6 is 11.3 Å². The minimum atomic E-state index is -4.38. The van der Waals surface area contributed by atoms with Crippen molar-refractivity contribution in [1.29, 1.82) is 0 Å². The minimum absolute atomic E-state index is 0.344. The van der Waals surface area contributed by atoms with Gasteiger partial charge in [0.05, 0.1) is 5.39 Å². The molecule has 1 aliphatic rings. The summed E-state index contributed by atoms with van der Waals surface area (Å²) in [4.78, 5) is 12.7. The molecule has 4 heterocycles. The van der Waals surface area contributed by atoms with Gasteiger partial charge in [-0.1, -0.05) is 0 Å². The highest BCUT2D eigenvalue weighted by Gasteiger charge is 2.34. The normalized spacial score (nSPS) is 17.3. The number of aromatic nitrogens is 4. The SMILES string of the molecule is Cc1nc2c3cc(C(F)(F)F)sc3nc(N3CCN(C)CC3)n2n1. The smallest absolute Gasteiger partial charge is 0.338 e. The lowest BCUT2D eigenvalue weighted by Gasteiger charge is -2.32. The fourth-order valence-corrected chi connectivity index (χ4v) is 3.73. The van der Waals surface area contributed by atoms with Crippen molar-refractivity contribution >= 4 is 33.1 Å². The highest BCUT2D eigenvalue weighted by Crippen LogP contribution is 2.39.